The minimum Gasteiger partial charge on any atom is -0.399 e. The molecule has 2 aromatic rings. The molecule has 0 aromatic heterocycles. The maximum absolute atomic E-state index is 11.9. The number of aryl methyl sites for hydroxylation is 2. The quantitative estimate of drug-likeness (QED) is 0.581. The zero-order valence-corrected chi connectivity index (χ0v) is 12.8. The molecule has 0 atom stereocenters. The van der Waals surface area contributed by atoms with E-state index >= 15 is 0 Å². The summed E-state index contributed by atoms with van der Waals surface area (Å²) in [4.78, 5) is 35.5. The fourth-order valence-corrected chi connectivity index (χ4v) is 1.87. The summed E-state index contributed by atoms with van der Waals surface area (Å²) in [6.45, 7) is 3.84. The van der Waals surface area contributed by atoms with Crippen LogP contribution in [-0.4, -0.2) is 17.7 Å². The number of nitrogen functional groups attached to an aromatic ring is 1. The number of carbonyl (C=O) groups is 3. The van der Waals surface area contributed by atoms with Crippen molar-refractivity contribution in [1.29, 1.82) is 0 Å². The van der Waals surface area contributed by atoms with Crippen LogP contribution in [0.15, 0.2) is 42.5 Å². The summed E-state index contributed by atoms with van der Waals surface area (Å²) in [5.74, 6) is -2.59. The van der Waals surface area contributed by atoms with Gasteiger partial charge in [0.15, 0.2) is 0 Å². The Balaban J connectivity index is 1.99. The number of nitrogens with one attached hydrogen (secondary N) is 2. The molecule has 0 unspecified atom stereocenters. The Morgan fingerprint density at radius 3 is 2.13 bits per heavy atom. The fraction of sp³-hybridized carbons (Fsp3) is 0.118. The number of hydrogen-bond acceptors (Lipinski definition) is 4. The lowest BCUT2D eigenvalue weighted by atomic mass is 10.1. The second-order valence-electron chi connectivity index (χ2n) is 5.16. The average Bonchev–Trinajstić information content (AvgIpc) is 2.51. The first-order valence-electron chi connectivity index (χ1n) is 6.96. The Kier molecular flexibility index (Phi) is 4.75. The van der Waals surface area contributed by atoms with E-state index in [0.29, 0.717) is 11.4 Å². The Bertz CT molecular complexity index is 767. The number of rotatable bonds is 2. The first-order chi connectivity index (χ1) is 10.9. The van der Waals surface area contributed by atoms with E-state index in [1.807, 2.05) is 25.2 Å². The van der Waals surface area contributed by atoms with E-state index in [4.69, 9.17) is 5.73 Å². The third kappa shape index (κ3) is 4.16. The van der Waals surface area contributed by atoms with Gasteiger partial charge in [-0.15, -0.1) is 0 Å². The molecule has 0 aliphatic carbocycles. The van der Waals surface area contributed by atoms with Crippen molar-refractivity contribution in [2.75, 3.05) is 11.1 Å². The Labute approximate surface area is 133 Å². The second kappa shape index (κ2) is 6.74. The van der Waals surface area contributed by atoms with Crippen molar-refractivity contribution in [2.24, 2.45) is 0 Å². The van der Waals surface area contributed by atoms with Crippen LogP contribution in [0.25, 0.3) is 0 Å². The fourth-order valence-electron chi connectivity index (χ4n) is 1.87. The summed E-state index contributed by atoms with van der Waals surface area (Å²) in [7, 11) is 0. The monoisotopic (exact) mass is 311 g/mol. The molecule has 0 bridgehead atoms. The van der Waals surface area contributed by atoms with Crippen molar-refractivity contribution in [1.82, 2.24) is 5.32 Å². The lowest BCUT2D eigenvalue weighted by molar-refractivity contribution is -0.135. The van der Waals surface area contributed by atoms with Crippen molar-refractivity contribution in [3.63, 3.8) is 0 Å². The summed E-state index contributed by atoms with van der Waals surface area (Å²) >= 11 is 0. The van der Waals surface area contributed by atoms with Crippen molar-refractivity contribution < 1.29 is 14.4 Å². The number of anilines is 2. The number of benzene rings is 2. The predicted molar refractivity (Wildman–Crippen MR) is 87.9 cm³/mol. The molecule has 0 radical (unpaired) electrons. The first-order valence-corrected chi connectivity index (χ1v) is 6.96. The third-order valence-electron chi connectivity index (χ3n) is 3.37. The molecule has 6 nitrogen and oxygen atoms in total. The van der Waals surface area contributed by atoms with Crippen molar-refractivity contribution in [2.45, 2.75) is 13.8 Å². The van der Waals surface area contributed by atoms with E-state index in [-0.39, 0.29) is 5.56 Å². The minimum atomic E-state index is -1.02. The van der Waals surface area contributed by atoms with Gasteiger partial charge in [0.1, 0.15) is 0 Å². The molecule has 0 heterocycles. The average molecular weight is 311 g/mol. The summed E-state index contributed by atoms with van der Waals surface area (Å²) in [5.41, 5.74) is 8.82. The molecule has 6 heteroatoms. The lowest BCUT2D eigenvalue weighted by Gasteiger charge is -2.08. The number of nitrogens with two attached hydrogens (primary N) is 1. The maximum Gasteiger partial charge on any atom is 0.316 e. The van der Waals surface area contributed by atoms with Crippen LogP contribution in [0.3, 0.4) is 0 Å². The van der Waals surface area contributed by atoms with Crippen molar-refractivity contribution in [3.05, 3.63) is 59.2 Å². The number of imide groups is 1. The first kappa shape index (κ1) is 16.2. The molecule has 0 fully saturated rings. The van der Waals surface area contributed by atoms with Gasteiger partial charge in [-0.1, -0.05) is 6.07 Å². The van der Waals surface area contributed by atoms with Gasteiger partial charge in [0, 0.05) is 16.9 Å². The topological polar surface area (TPSA) is 101 Å². The molecule has 23 heavy (non-hydrogen) atoms. The van der Waals surface area contributed by atoms with Crippen LogP contribution in [-0.2, 0) is 9.59 Å². The molecular weight excluding hydrogens is 294 g/mol. The molecule has 4 N–H and O–H groups in total. The van der Waals surface area contributed by atoms with Crippen LogP contribution < -0.4 is 16.4 Å². The number of carbonyl (C=O) groups excluding carboxylic acids is 3. The van der Waals surface area contributed by atoms with Gasteiger partial charge in [0.05, 0.1) is 0 Å². The predicted octanol–water partition coefficient (Wildman–Crippen LogP) is 1.78. The van der Waals surface area contributed by atoms with Crippen LogP contribution in [0.2, 0.25) is 0 Å². The smallest absolute Gasteiger partial charge is 0.316 e. The summed E-state index contributed by atoms with van der Waals surface area (Å²) in [6, 6.07) is 11.3. The molecule has 2 aromatic carbocycles. The van der Waals surface area contributed by atoms with Crippen molar-refractivity contribution >= 4 is 29.1 Å². The van der Waals surface area contributed by atoms with E-state index in [0.717, 1.165) is 11.1 Å². The van der Waals surface area contributed by atoms with Gasteiger partial charge in [-0.25, -0.2) is 0 Å². The van der Waals surface area contributed by atoms with Gasteiger partial charge >= 0.3 is 11.8 Å². The van der Waals surface area contributed by atoms with Gasteiger partial charge in [0.25, 0.3) is 5.91 Å². The summed E-state index contributed by atoms with van der Waals surface area (Å²) < 4.78 is 0. The van der Waals surface area contributed by atoms with E-state index < -0.39 is 17.7 Å². The zero-order chi connectivity index (χ0) is 17.0. The summed E-state index contributed by atoms with van der Waals surface area (Å²) in [5, 5.41) is 4.48. The molecule has 0 aliphatic heterocycles. The normalized spacial score (nSPS) is 10.0. The highest BCUT2D eigenvalue weighted by Crippen LogP contribution is 2.14. The number of hydrogen-bond donors (Lipinski definition) is 3. The molecule has 3 amide bonds. The van der Waals surface area contributed by atoms with Crippen LogP contribution in [0.1, 0.15) is 21.5 Å². The molecule has 0 saturated carbocycles. The minimum absolute atomic E-state index is 0.242. The Morgan fingerprint density at radius 2 is 1.52 bits per heavy atom. The second-order valence-corrected chi connectivity index (χ2v) is 5.16. The van der Waals surface area contributed by atoms with Crippen LogP contribution in [0.4, 0.5) is 11.4 Å². The highest BCUT2D eigenvalue weighted by atomic mass is 16.2. The lowest BCUT2D eigenvalue weighted by Crippen LogP contribution is -2.39. The molecule has 2 rings (SSSR count). The van der Waals surface area contributed by atoms with Crippen LogP contribution in [0.5, 0.6) is 0 Å². The molecule has 118 valence electrons. The number of amides is 3. The molecule has 0 aliphatic rings. The van der Waals surface area contributed by atoms with Gasteiger partial charge in [-0.05, 0) is 61.4 Å². The SMILES string of the molecule is Cc1ccc(NC(=O)C(=O)NC(=O)c2ccc(N)cc2)cc1C. The highest BCUT2D eigenvalue weighted by Gasteiger charge is 2.18. The third-order valence-corrected chi connectivity index (χ3v) is 3.37. The molecule has 0 spiro atoms. The van der Waals surface area contributed by atoms with Crippen LogP contribution in [0, 0.1) is 13.8 Å². The zero-order valence-electron chi connectivity index (χ0n) is 12.8. The Morgan fingerprint density at radius 1 is 0.870 bits per heavy atom. The largest absolute Gasteiger partial charge is 0.399 e. The van der Waals surface area contributed by atoms with Gasteiger partial charge in [-0.2, -0.15) is 0 Å². The standard InChI is InChI=1S/C17H17N3O3/c1-10-3-8-14(9-11(10)2)19-16(22)17(23)20-15(21)12-4-6-13(18)7-5-12/h3-9H,18H2,1-2H3,(H,19,22)(H,20,21,23). The van der Waals surface area contributed by atoms with E-state index in [2.05, 4.69) is 5.32 Å². The Hall–Kier alpha value is -3.15. The van der Waals surface area contributed by atoms with Gasteiger partial charge in [0.2, 0.25) is 0 Å². The van der Waals surface area contributed by atoms with Crippen LogP contribution >= 0.6 is 0 Å². The van der Waals surface area contributed by atoms with E-state index in [1.54, 1.807) is 12.1 Å². The van der Waals surface area contributed by atoms with E-state index in [9.17, 15) is 14.4 Å². The summed E-state index contributed by atoms with van der Waals surface area (Å²) in [6.07, 6.45) is 0. The van der Waals surface area contributed by atoms with Crippen molar-refractivity contribution in [3.8, 4) is 0 Å². The highest BCUT2D eigenvalue weighted by molar-refractivity contribution is 6.42. The van der Waals surface area contributed by atoms with Gasteiger partial charge < -0.3 is 11.1 Å². The molecule has 0 saturated heterocycles. The maximum atomic E-state index is 11.9. The van der Waals surface area contributed by atoms with E-state index in [1.165, 1.54) is 24.3 Å². The molecular formula is C17H17N3O3. The van der Waals surface area contributed by atoms with Gasteiger partial charge in [-0.3, -0.25) is 19.7 Å².